The van der Waals surface area contributed by atoms with Crippen LogP contribution in [-0.2, 0) is 0 Å². The number of aromatic nitrogens is 1. The summed E-state index contributed by atoms with van der Waals surface area (Å²) in [4.78, 5) is 4.61. The van der Waals surface area contributed by atoms with Crippen molar-refractivity contribution in [3.63, 3.8) is 0 Å². The van der Waals surface area contributed by atoms with E-state index in [-0.39, 0.29) is 6.10 Å². The van der Waals surface area contributed by atoms with E-state index in [9.17, 15) is 0 Å². The summed E-state index contributed by atoms with van der Waals surface area (Å²) in [5.74, 6) is 1.78. The summed E-state index contributed by atoms with van der Waals surface area (Å²) in [5, 5.41) is 0.857. The van der Waals surface area contributed by atoms with E-state index in [1.54, 1.807) is 0 Å². The second-order valence-electron chi connectivity index (χ2n) is 6.18. The zero-order chi connectivity index (χ0) is 17.7. The highest BCUT2D eigenvalue weighted by molar-refractivity contribution is 7.95. The molecule has 3 nitrogen and oxygen atoms in total. The largest absolute Gasteiger partial charge is 0.490 e. The highest BCUT2D eigenvalue weighted by atomic mass is 32.2. The second-order valence-corrected chi connectivity index (χ2v) is 6.90. The predicted molar refractivity (Wildman–Crippen MR) is 101 cm³/mol. The average Bonchev–Trinajstić information content (AvgIpc) is 2.55. The van der Waals surface area contributed by atoms with Crippen molar-refractivity contribution in [2.45, 2.75) is 65.5 Å². The third kappa shape index (κ3) is 4.67. The van der Waals surface area contributed by atoms with Crippen molar-refractivity contribution in [1.82, 2.24) is 4.98 Å². The van der Waals surface area contributed by atoms with E-state index in [2.05, 4.69) is 44.8 Å². The number of pyridine rings is 1. The van der Waals surface area contributed by atoms with Crippen molar-refractivity contribution in [2.24, 2.45) is 0 Å². The molecule has 0 saturated carbocycles. The lowest BCUT2D eigenvalue weighted by atomic mass is 10.1. The van der Waals surface area contributed by atoms with E-state index in [0.29, 0.717) is 0 Å². The zero-order valence-corrected chi connectivity index (χ0v) is 16.3. The molecule has 0 amide bonds. The third-order valence-corrected chi connectivity index (χ3v) is 4.87. The molecule has 4 heteroatoms. The maximum absolute atomic E-state index is 6.15. The summed E-state index contributed by atoms with van der Waals surface area (Å²) in [5.41, 5.74) is 4.33. The van der Waals surface area contributed by atoms with Gasteiger partial charge in [0.15, 0.2) is 0 Å². The number of aryl methyl sites for hydroxylation is 3. The smallest absolute Gasteiger partial charge is 0.143 e. The van der Waals surface area contributed by atoms with E-state index < -0.39 is 0 Å². The summed E-state index contributed by atoms with van der Waals surface area (Å²) in [7, 11) is 0. The van der Waals surface area contributed by atoms with Crippen LogP contribution in [0.3, 0.4) is 0 Å². The van der Waals surface area contributed by atoms with Gasteiger partial charge in [-0.1, -0.05) is 31.5 Å². The van der Waals surface area contributed by atoms with Crippen molar-refractivity contribution < 1.29 is 8.92 Å². The Hall–Kier alpha value is -1.68. The number of nitrogens with zero attached hydrogens (tertiary/aromatic N) is 1. The van der Waals surface area contributed by atoms with Gasteiger partial charge in [0.05, 0.1) is 6.10 Å². The number of ether oxygens (including phenoxy) is 1. The summed E-state index contributed by atoms with van der Waals surface area (Å²) >= 11 is 1.30. The lowest BCUT2D eigenvalue weighted by molar-refractivity contribution is 0.190. The number of rotatable bonds is 7. The average molecular weight is 346 g/mol. The Morgan fingerprint density at radius 2 is 1.71 bits per heavy atom. The molecule has 0 aliphatic carbocycles. The standard InChI is InChI=1S/C20H27NO2S/c1-7-17(8-2)22-19-12-15(5)21-20(16(19)6)24-23-18-10-9-13(3)11-14(18)4/h9-12,17H,7-8H2,1-6H3. The molecular formula is C20H27NO2S. The molecule has 0 N–H and O–H groups in total. The van der Waals surface area contributed by atoms with Gasteiger partial charge >= 0.3 is 0 Å². The third-order valence-electron chi connectivity index (χ3n) is 4.05. The molecule has 1 aromatic heterocycles. The Morgan fingerprint density at radius 3 is 2.33 bits per heavy atom. The lowest BCUT2D eigenvalue weighted by Gasteiger charge is -2.19. The van der Waals surface area contributed by atoms with Crippen LogP contribution < -0.4 is 8.92 Å². The van der Waals surface area contributed by atoms with Gasteiger partial charge in [0.2, 0.25) is 0 Å². The Kier molecular flexibility index (Phi) is 6.55. The molecule has 24 heavy (non-hydrogen) atoms. The van der Waals surface area contributed by atoms with Crippen molar-refractivity contribution in [1.29, 1.82) is 0 Å². The molecule has 1 aromatic carbocycles. The minimum Gasteiger partial charge on any atom is -0.490 e. The highest BCUT2D eigenvalue weighted by Gasteiger charge is 2.14. The predicted octanol–water partition coefficient (Wildman–Crippen LogP) is 5.97. The SMILES string of the molecule is CCC(CC)Oc1cc(C)nc(SOc2ccc(C)cc2C)c1C. The molecular weight excluding hydrogens is 318 g/mol. The zero-order valence-electron chi connectivity index (χ0n) is 15.5. The van der Waals surface area contributed by atoms with Crippen LogP contribution in [0.4, 0.5) is 0 Å². The summed E-state index contributed by atoms with van der Waals surface area (Å²) in [6.45, 7) is 12.5. The monoisotopic (exact) mass is 345 g/mol. The van der Waals surface area contributed by atoms with Gasteiger partial charge in [-0.15, -0.1) is 0 Å². The van der Waals surface area contributed by atoms with Crippen LogP contribution >= 0.6 is 12.0 Å². The van der Waals surface area contributed by atoms with Crippen LogP contribution in [0, 0.1) is 27.7 Å². The van der Waals surface area contributed by atoms with Crippen molar-refractivity contribution >= 4 is 12.0 Å². The fourth-order valence-electron chi connectivity index (χ4n) is 2.50. The van der Waals surface area contributed by atoms with Crippen LogP contribution in [0.25, 0.3) is 0 Å². The van der Waals surface area contributed by atoms with E-state index in [4.69, 9.17) is 8.92 Å². The van der Waals surface area contributed by atoms with Gasteiger partial charge in [-0.05, 0) is 52.2 Å². The van der Waals surface area contributed by atoms with Gasteiger partial charge in [0.1, 0.15) is 28.6 Å². The van der Waals surface area contributed by atoms with Gasteiger partial charge in [-0.3, -0.25) is 0 Å². The minimum atomic E-state index is 0.239. The van der Waals surface area contributed by atoms with Gasteiger partial charge in [0.25, 0.3) is 0 Å². The molecule has 0 bridgehead atoms. The molecule has 2 aromatic rings. The highest BCUT2D eigenvalue weighted by Crippen LogP contribution is 2.32. The first-order valence-corrected chi connectivity index (χ1v) is 9.25. The molecule has 0 aliphatic heterocycles. The van der Waals surface area contributed by atoms with Crippen molar-refractivity contribution in [2.75, 3.05) is 0 Å². The molecule has 0 radical (unpaired) electrons. The summed E-state index contributed by atoms with van der Waals surface area (Å²) < 4.78 is 12.1. The number of hydrogen-bond acceptors (Lipinski definition) is 4. The van der Waals surface area contributed by atoms with E-state index in [1.165, 1.54) is 17.6 Å². The fraction of sp³-hybridized carbons (Fsp3) is 0.450. The molecule has 0 aliphatic rings. The first kappa shape index (κ1) is 18.7. The summed E-state index contributed by atoms with van der Waals surface area (Å²) in [6.07, 6.45) is 2.24. The maximum atomic E-state index is 6.15. The fourth-order valence-corrected chi connectivity index (χ4v) is 3.26. The second kappa shape index (κ2) is 8.43. The van der Waals surface area contributed by atoms with E-state index in [0.717, 1.165) is 46.2 Å². The van der Waals surface area contributed by atoms with Crippen LogP contribution in [0.5, 0.6) is 11.5 Å². The molecule has 2 rings (SSSR count). The van der Waals surface area contributed by atoms with Crippen LogP contribution in [-0.4, -0.2) is 11.1 Å². The van der Waals surface area contributed by atoms with Gasteiger partial charge < -0.3 is 8.92 Å². The Bertz CT molecular complexity index is 696. The van der Waals surface area contributed by atoms with Crippen LogP contribution in [0.2, 0.25) is 0 Å². The minimum absolute atomic E-state index is 0.239. The molecule has 1 heterocycles. The van der Waals surface area contributed by atoms with Gasteiger partial charge in [0, 0.05) is 17.3 Å². The maximum Gasteiger partial charge on any atom is 0.143 e. The first-order valence-electron chi connectivity index (χ1n) is 8.51. The topological polar surface area (TPSA) is 31.4 Å². The Labute approximate surface area is 150 Å². The van der Waals surface area contributed by atoms with Crippen molar-refractivity contribution in [3.05, 3.63) is 46.6 Å². The Morgan fingerprint density at radius 1 is 1.00 bits per heavy atom. The molecule has 0 unspecified atom stereocenters. The Balaban J connectivity index is 2.19. The summed E-state index contributed by atoms with van der Waals surface area (Å²) in [6, 6.07) is 8.19. The van der Waals surface area contributed by atoms with Crippen LogP contribution in [0.15, 0.2) is 29.3 Å². The van der Waals surface area contributed by atoms with Crippen molar-refractivity contribution in [3.8, 4) is 11.5 Å². The molecule has 0 fully saturated rings. The number of hydrogen-bond donors (Lipinski definition) is 0. The first-order chi connectivity index (χ1) is 11.4. The van der Waals surface area contributed by atoms with Gasteiger partial charge in [-0.25, -0.2) is 4.98 Å². The molecule has 0 saturated heterocycles. The van der Waals surface area contributed by atoms with Gasteiger partial charge in [-0.2, -0.15) is 0 Å². The normalized spacial score (nSPS) is 11.0. The molecule has 0 spiro atoms. The van der Waals surface area contributed by atoms with E-state index >= 15 is 0 Å². The quantitative estimate of drug-likeness (QED) is 0.579. The number of benzene rings is 1. The molecule has 130 valence electrons. The van der Waals surface area contributed by atoms with E-state index in [1.807, 2.05) is 26.0 Å². The molecule has 0 atom stereocenters. The van der Waals surface area contributed by atoms with Crippen LogP contribution in [0.1, 0.15) is 49.1 Å². The lowest BCUT2D eigenvalue weighted by Crippen LogP contribution is -2.15.